The van der Waals surface area contributed by atoms with Crippen LogP contribution in [0.25, 0.3) is 0 Å². The average Bonchev–Trinajstić information content (AvgIpc) is 2.42. The van der Waals surface area contributed by atoms with Crippen LogP contribution in [0.2, 0.25) is 0 Å². The molecule has 0 aromatic carbocycles. The van der Waals surface area contributed by atoms with Crippen molar-refractivity contribution in [3.05, 3.63) is 6.07 Å². The Hall–Kier alpha value is -1.15. The molecule has 1 aromatic rings. The first kappa shape index (κ1) is 15.9. The van der Waals surface area contributed by atoms with Gasteiger partial charge in [0.05, 0.1) is 0 Å². The molecule has 1 aromatic heterocycles. The predicted molar refractivity (Wildman–Crippen MR) is 73.1 cm³/mol. The molecule has 8 heteroatoms. The van der Waals surface area contributed by atoms with Gasteiger partial charge in [-0.05, 0) is 12.7 Å². The van der Waals surface area contributed by atoms with Gasteiger partial charge in [0.2, 0.25) is 0 Å². The molecule has 0 bridgehead atoms. The largest absolute Gasteiger partial charge is 0.385 e. The summed E-state index contributed by atoms with van der Waals surface area (Å²) in [6.45, 7) is 2.54. The second-order valence-electron chi connectivity index (χ2n) is 3.83. The van der Waals surface area contributed by atoms with E-state index in [-0.39, 0.29) is 6.54 Å². The van der Waals surface area contributed by atoms with Crippen LogP contribution in [0.5, 0.6) is 0 Å². The molecule has 0 radical (unpaired) electrons. The first-order chi connectivity index (χ1) is 9.06. The third kappa shape index (κ3) is 5.56. The van der Waals surface area contributed by atoms with E-state index in [9.17, 15) is 8.78 Å². The summed E-state index contributed by atoms with van der Waals surface area (Å²) in [5.74, 6) is 1.05. The zero-order valence-corrected chi connectivity index (χ0v) is 11.7. The van der Waals surface area contributed by atoms with E-state index >= 15 is 0 Å². The fourth-order valence-electron chi connectivity index (χ4n) is 1.25. The van der Waals surface area contributed by atoms with Crippen molar-refractivity contribution in [3.8, 4) is 0 Å². The summed E-state index contributed by atoms with van der Waals surface area (Å²) in [6.07, 6.45) is -1.70. The van der Waals surface area contributed by atoms with Crippen molar-refractivity contribution in [1.29, 1.82) is 0 Å². The summed E-state index contributed by atoms with van der Waals surface area (Å²) in [5, 5.41) is 15.4. The van der Waals surface area contributed by atoms with Crippen molar-refractivity contribution in [1.82, 2.24) is 9.97 Å². The lowest BCUT2D eigenvalue weighted by molar-refractivity contribution is 0.00380. The maximum atomic E-state index is 12.2. The van der Waals surface area contributed by atoms with E-state index in [1.807, 2.05) is 13.2 Å². The molecule has 0 saturated heterocycles. The Morgan fingerprint density at radius 1 is 1.32 bits per heavy atom. The van der Waals surface area contributed by atoms with Gasteiger partial charge in [-0.15, -0.1) is 0 Å². The van der Waals surface area contributed by atoms with Crippen LogP contribution in [0.1, 0.15) is 13.3 Å². The summed E-state index contributed by atoms with van der Waals surface area (Å²) in [5.41, 5.74) is 0. The van der Waals surface area contributed by atoms with Crippen molar-refractivity contribution in [2.45, 2.75) is 31.0 Å². The molecule has 0 aliphatic rings. The maximum Gasteiger partial charge on any atom is 0.265 e. The molecule has 1 rings (SSSR count). The number of nitrogens with zero attached hydrogens (tertiary/aromatic N) is 2. The highest BCUT2D eigenvalue weighted by molar-refractivity contribution is 7.98. The molecule has 0 fully saturated rings. The lowest BCUT2D eigenvalue weighted by atomic mass is 10.3. The number of hydrogen-bond acceptors (Lipinski definition) is 6. The number of alkyl halides is 2. The van der Waals surface area contributed by atoms with Gasteiger partial charge in [0, 0.05) is 19.2 Å². The quantitative estimate of drug-likeness (QED) is 0.503. The van der Waals surface area contributed by atoms with E-state index in [0.717, 1.165) is 13.0 Å². The molecule has 0 aliphatic heterocycles. The van der Waals surface area contributed by atoms with Gasteiger partial charge >= 0.3 is 0 Å². The van der Waals surface area contributed by atoms with E-state index < -0.39 is 12.5 Å². The highest BCUT2D eigenvalue weighted by Crippen LogP contribution is 2.17. The minimum atomic E-state index is -2.77. The number of hydrogen-bond donors (Lipinski definition) is 3. The Morgan fingerprint density at radius 3 is 2.47 bits per heavy atom. The van der Waals surface area contributed by atoms with Crippen LogP contribution >= 0.6 is 11.8 Å². The summed E-state index contributed by atoms with van der Waals surface area (Å²) in [6, 6.07) is 1.63. The Balaban J connectivity index is 2.70. The third-order valence-corrected chi connectivity index (χ3v) is 2.78. The summed E-state index contributed by atoms with van der Waals surface area (Å²) >= 11 is 1.36. The molecular weight excluding hydrogens is 274 g/mol. The Labute approximate surface area is 115 Å². The lowest BCUT2D eigenvalue weighted by Crippen LogP contribution is -2.27. The highest BCUT2D eigenvalue weighted by Gasteiger charge is 2.16. The van der Waals surface area contributed by atoms with Crippen LogP contribution in [0.3, 0.4) is 0 Å². The topological polar surface area (TPSA) is 70.1 Å². The van der Waals surface area contributed by atoms with Crippen molar-refractivity contribution >= 4 is 23.4 Å². The minimum Gasteiger partial charge on any atom is -0.385 e. The molecule has 3 N–H and O–H groups in total. The van der Waals surface area contributed by atoms with Gasteiger partial charge in [-0.3, -0.25) is 0 Å². The fraction of sp³-hybridized carbons (Fsp3) is 0.636. The monoisotopic (exact) mass is 292 g/mol. The SMILES string of the molecule is CCCNc1cc(NCC(O)C(F)F)nc(SC)n1. The zero-order valence-electron chi connectivity index (χ0n) is 10.9. The van der Waals surface area contributed by atoms with Crippen molar-refractivity contribution in [2.75, 3.05) is 30.0 Å². The number of rotatable bonds is 8. The van der Waals surface area contributed by atoms with Crippen molar-refractivity contribution < 1.29 is 13.9 Å². The van der Waals surface area contributed by atoms with Gasteiger partial charge in [-0.25, -0.2) is 18.7 Å². The van der Waals surface area contributed by atoms with E-state index in [0.29, 0.717) is 16.8 Å². The van der Waals surface area contributed by atoms with Crippen LogP contribution in [-0.4, -0.2) is 46.9 Å². The second-order valence-corrected chi connectivity index (χ2v) is 4.61. The summed E-state index contributed by atoms with van der Waals surface area (Å²) in [7, 11) is 0. The van der Waals surface area contributed by atoms with E-state index in [2.05, 4.69) is 20.6 Å². The molecule has 1 atom stereocenters. The number of aliphatic hydroxyl groups excluding tert-OH is 1. The third-order valence-electron chi connectivity index (χ3n) is 2.23. The molecule has 1 heterocycles. The molecule has 0 amide bonds. The molecule has 0 aliphatic carbocycles. The van der Waals surface area contributed by atoms with Crippen molar-refractivity contribution in [2.24, 2.45) is 0 Å². The van der Waals surface area contributed by atoms with E-state index in [4.69, 9.17) is 5.11 Å². The normalized spacial score (nSPS) is 12.5. The number of halogens is 2. The first-order valence-electron chi connectivity index (χ1n) is 5.93. The van der Waals surface area contributed by atoms with Gasteiger partial charge in [0.1, 0.15) is 17.7 Å². The predicted octanol–water partition coefficient (Wildman–Crippen LogP) is 2.06. The van der Waals surface area contributed by atoms with Crippen LogP contribution in [-0.2, 0) is 0 Å². The number of nitrogens with one attached hydrogen (secondary N) is 2. The number of aromatic nitrogens is 2. The molecule has 0 spiro atoms. The summed E-state index contributed by atoms with van der Waals surface area (Å²) < 4.78 is 24.4. The molecule has 19 heavy (non-hydrogen) atoms. The van der Waals surface area contributed by atoms with E-state index in [1.54, 1.807) is 6.07 Å². The van der Waals surface area contributed by atoms with Crippen molar-refractivity contribution in [3.63, 3.8) is 0 Å². The molecule has 1 unspecified atom stereocenters. The van der Waals surface area contributed by atoms with Gasteiger partial charge in [0.15, 0.2) is 5.16 Å². The lowest BCUT2D eigenvalue weighted by Gasteiger charge is -2.13. The Bertz CT molecular complexity index is 395. The maximum absolute atomic E-state index is 12.2. The molecule has 108 valence electrons. The highest BCUT2D eigenvalue weighted by atomic mass is 32.2. The molecule has 5 nitrogen and oxygen atoms in total. The van der Waals surface area contributed by atoms with Gasteiger partial charge in [0.25, 0.3) is 6.43 Å². The van der Waals surface area contributed by atoms with Gasteiger partial charge < -0.3 is 15.7 Å². The van der Waals surface area contributed by atoms with Gasteiger partial charge in [-0.1, -0.05) is 18.7 Å². The smallest absolute Gasteiger partial charge is 0.265 e. The fourth-order valence-corrected chi connectivity index (χ4v) is 1.63. The Morgan fingerprint density at radius 2 is 1.95 bits per heavy atom. The molecule has 0 saturated carbocycles. The Kier molecular flexibility index (Phi) is 6.79. The standard InChI is InChI=1S/C11H18F2N4OS/c1-3-4-14-8-5-9(17-11(16-8)19-2)15-6-7(18)10(12)13/h5,7,10,18H,3-4,6H2,1-2H3,(H2,14,15,16,17). The van der Waals surface area contributed by atoms with Gasteiger partial charge in [-0.2, -0.15) is 0 Å². The number of anilines is 2. The average molecular weight is 292 g/mol. The number of aliphatic hydroxyl groups is 1. The first-order valence-corrected chi connectivity index (χ1v) is 7.16. The zero-order chi connectivity index (χ0) is 14.3. The summed E-state index contributed by atoms with van der Waals surface area (Å²) in [4.78, 5) is 8.38. The van der Waals surface area contributed by atoms with E-state index in [1.165, 1.54) is 11.8 Å². The van der Waals surface area contributed by atoms with Crippen LogP contribution < -0.4 is 10.6 Å². The van der Waals surface area contributed by atoms with Crippen LogP contribution in [0.15, 0.2) is 11.2 Å². The minimum absolute atomic E-state index is 0.254. The van der Waals surface area contributed by atoms with Crippen LogP contribution in [0.4, 0.5) is 20.4 Å². The van der Waals surface area contributed by atoms with Crippen LogP contribution in [0, 0.1) is 0 Å². The number of thioether (sulfide) groups is 1. The molecular formula is C11H18F2N4OS. The second kappa shape index (κ2) is 8.11.